The summed E-state index contributed by atoms with van der Waals surface area (Å²) >= 11 is 0. The van der Waals surface area contributed by atoms with Crippen LogP contribution in [0.3, 0.4) is 0 Å². The van der Waals surface area contributed by atoms with Crippen molar-refractivity contribution in [3.05, 3.63) is 72.9 Å². The van der Waals surface area contributed by atoms with Gasteiger partial charge < -0.3 is 65.1 Å². The summed E-state index contributed by atoms with van der Waals surface area (Å²) in [5.41, 5.74) is 0. The zero-order valence-corrected chi connectivity index (χ0v) is 59.2. The van der Waals surface area contributed by atoms with Gasteiger partial charge in [-0.15, -0.1) is 0 Å². The molecule has 1 amide bonds. The summed E-state index contributed by atoms with van der Waals surface area (Å²) in [7, 11) is 0. The fraction of sp³-hybridized carbons (Fsp3) is 0.835. The number of aliphatic hydroxyl groups is 8. The van der Waals surface area contributed by atoms with Gasteiger partial charge in [0.1, 0.15) is 48.8 Å². The van der Waals surface area contributed by atoms with E-state index < -0.39 is 86.8 Å². The van der Waals surface area contributed by atoms with E-state index in [4.69, 9.17) is 18.9 Å². The lowest BCUT2D eigenvalue weighted by Crippen LogP contribution is -2.65. The molecule has 12 unspecified atom stereocenters. The van der Waals surface area contributed by atoms with Gasteiger partial charge in [-0.25, -0.2) is 0 Å². The van der Waals surface area contributed by atoms with Gasteiger partial charge in [0.2, 0.25) is 5.91 Å². The molecular formula is C79H143NO13. The van der Waals surface area contributed by atoms with Crippen molar-refractivity contribution in [3.63, 3.8) is 0 Å². The van der Waals surface area contributed by atoms with E-state index in [1.165, 1.54) is 238 Å². The molecule has 0 aromatic carbocycles. The van der Waals surface area contributed by atoms with Gasteiger partial charge in [-0.2, -0.15) is 0 Å². The molecule has 2 rings (SSSR count). The zero-order valence-electron chi connectivity index (χ0n) is 59.2. The van der Waals surface area contributed by atoms with Gasteiger partial charge in [-0.1, -0.05) is 311 Å². The third-order valence-corrected chi connectivity index (χ3v) is 18.6. The number of rotatable bonds is 64. The molecule has 0 bridgehead atoms. The maximum Gasteiger partial charge on any atom is 0.220 e. The van der Waals surface area contributed by atoms with Crippen molar-refractivity contribution in [1.29, 1.82) is 0 Å². The second-order valence-electron chi connectivity index (χ2n) is 27.1. The third-order valence-electron chi connectivity index (χ3n) is 18.6. The van der Waals surface area contributed by atoms with E-state index in [1.807, 2.05) is 6.08 Å². The molecule has 12 atom stereocenters. The van der Waals surface area contributed by atoms with Gasteiger partial charge in [-0.05, 0) is 83.5 Å². The monoisotopic (exact) mass is 1310 g/mol. The van der Waals surface area contributed by atoms with Gasteiger partial charge in [-0.3, -0.25) is 4.79 Å². The van der Waals surface area contributed by atoms with Gasteiger partial charge in [0, 0.05) is 6.42 Å². The first kappa shape index (κ1) is 86.5. The summed E-state index contributed by atoms with van der Waals surface area (Å²) in [4.78, 5) is 13.3. The van der Waals surface area contributed by atoms with Crippen LogP contribution in [-0.2, 0) is 23.7 Å². The van der Waals surface area contributed by atoms with Crippen LogP contribution < -0.4 is 5.32 Å². The molecule has 9 N–H and O–H groups in total. The summed E-state index contributed by atoms with van der Waals surface area (Å²) in [6, 6.07) is -0.939. The Bertz CT molecular complexity index is 1840. The molecule has 0 aliphatic carbocycles. The minimum atomic E-state index is -1.79. The highest BCUT2D eigenvalue weighted by Crippen LogP contribution is 2.30. The smallest absolute Gasteiger partial charge is 0.220 e. The van der Waals surface area contributed by atoms with Gasteiger partial charge >= 0.3 is 0 Å². The predicted molar refractivity (Wildman–Crippen MR) is 383 cm³/mol. The molecule has 2 heterocycles. The topological polar surface area (TPSA) is 228 Å². The first-order valence-corrected chi connectivity index (χ1v) is 38.7. The van der Waals surface area contributed by atoms with Gasteiger partial charge in [0.05, 0.1) is 32.0 Å². The predicted octanol–water partition coefficient (Wildman–Crippen LogP) is 17.0. The van der Waals surface area contributed by atoms with Crippen LogP contribution in [0.5, 0.6) is 0 Å². The van der Waals surface area contributed by atoms with Crippen molar-refractivity contribution >= 4 is 5.91 Å². The van der Waals surface area contributed by atoms with Gasteiger partial charge in [0.15, 0.2) is 12.6 Å². The van der Waals surface area contributed by atoms with Crippen molar-refractivity contribution in [2.24, 2.45) is 0 Å². The molecule has 14 nitrogen and oxygen atoms in total. The standard InChI is InChI=1S/C79H143NO13/c1-3-5-7-9-11-13-15-17-19-21-23-24-25-26-27-28-29-30-31-32-33-34-35-36-37-38-39-40-41-42-43-44-45-47-49-51-53-55-57-59-61-63-71(84)80-67(68(83)62-60-58-56-54-52-50-48-46-22-20-18-16-14-12-10-8-6-4-2)66-90-78-76(89)74(87)77(70(65-82)92-78)93-79-75(88)73(86)72(85)69(64-81)91-79/h15,17,21-23,25-26,46,52,54,60,62,67-70,72-79,81-83,85-89H,3-14,16,18-20,24,27-45,47-51,53,55-59,61,63-66H2,1-2H3,(H,80,84)/b17-15-,23-21-,26-25-,46-22+,54-52+,62-60+. The summed E-state index contributed by atoms with van der Waals surface area (Å²) < 4.78 is 22.8. The molecule has 2 saturated heterocycles. The van der Waals surface area contributed by atoms with Crippen LogP contribution in [0, 0.1) is 0 Å². The number of aliphatic hydroxyl groups excluding tert-OH is 8. The van der Waals surface area contributed by atoms with Crippen molar-refractivity contribution in [1.82, 2.24) is 5.32 Å². The minimum Gasteiger partial charge on any atom is -0.394 e. The number of amides is 1. The minimum absolute atomic E-state index is 0.249. The first-order chi connectivity index (χ1) is 45.6. The van der Waals surface area contributed by atoms with Crippen LogP contribution in [0.1, 0.15) is 328 Å². The summed E-state index contributed by atoms with van der Waals surface area (Å²) in [5, 5.41) is 87.4. The summed E-state index contributed by atoms with van der Waals surface area (Å²) in [6.07, 6.45) is 70.0. The lowest BCUT2D eigenvalue weighted by atomic mass is 9.97. The normalized spacial score (nSPS) is 22.9. The fourth-order valence-corrected chi connectivity index (χ4v) is 12.5. The SMILES string of the molecule is CCCCCCC/C=C\C/C=C\C/C=C\CCCCCCCCCCCCCCCCCCCCCCCCCCCCC(=O)NC(COC1OC(CO)C(OC2OC(CO)C(O)C(O)C2O)C(O)C1O)C(O)/C=C/CC/C=C/CC/C=C/CCCCCCCCCC. The highest BCUT2D eigenvalue weighted by Gasteiger charge is 2.51. The number of hydrogen-bond donors (Lipinski definition) is 9. The molecule has 0 aromatic heterocycles. The van der Waals surface area contributed by atoms with E-state index in [-0.39, 0.29) is 18.9 Å². The van der Waals surface area contributed by atoms with E-state index in [2.05, 4.69) is 79.9 Å². The molecule has 2 fully saturated rings. The maximum atomic E-state index is 13.3. The van der Waals surface area contributed by atoms with Crippen molar-refractivity contribution in [3.8, 4) is 0 Å². The first-order valence-electron chi connectivity index (χ1n) is 38.7. The number of carbonyl (C=O) groups is 1. The van der Waals surface area contributed by atoms with Crippen LogP contribution in [-0.4, -0.2) is 140 Å². The second-order valence-corrected chi connectivity index (χ2v) is 27.1. The number of unbranched alkanes of at least 4 members (excludes halogenated alkanes) is 41. The van der Waals surface area contributed by atoms with E-state index in [0.717, 1.165) is 57.8 Å². The molecule has 0 aromatic rings. The van der Waals surface area contributed by atoms with Gasteiger partial charge in [0.25, 0.3) is 0 Å². The van der Waals surface area contributed by atoms with E-state index in [1.54, 1.807) is 6.08 Å². The average Bonchev–Trinajstić information content (AvgIpc) is 0.958. The largest absolute Gasteiger partial charge is 0.394 e. The Balaban J connectivity index is 1.57. The highest BCUT2D eigenvalue weighted by molar-refractivity contribution is 5.76. The number of nitrogens with one attached hydrogen (secondary N) is 1. The highest BCUT2D eigenvalue weighted by atomic mass is 16.7. The van der Waals surface area contributed by atoms with E-state index in [9.17, 15) is 45.6 Å². The molecule has 14 heteroatoms. The van der Waals surface area contributed by atoms with Crippen LogP contribution in [0.4, 0.5) is 0 Å². The number of carbonyl (C=O) groups excluding carboxylic acids is 1. The van der Waals surface area contributed by atoms with E-state index in [0.29, 0.717) is 12.8 Å². The van der Waals surface area contributed by atoms with Crippen molar-refractivity contribution in [2.45, 2.75) is 402 Å². The molecule has 2 aliphatic rings. The Morgan fingerprint density at radius 3 is 1.13 bits per heavy atom. The Morgan fingerprint density at radius 2 is 0.720 bits per heavy atom. The van der Waals surface area contributed by atoms with Crippen LogP contribution in [0.25, 0.3) is 0 Å². The molecule has 542 valence electrons. The second kappa shape index (κ2) is 62.9. The fourth-order valence-electron chi connectivity index (χ4n) is 12.5. The molecule has 2 aliphatic heterocycles. The summed E-state index contributed by atoms with van der Waals surface area (Å²) in [5.74, 6) is -0.249. The molecule has 0 saturated carbocycles. The van der Waals surface area contributed by atoms with Crippen molar-refractivity contribution in [2.75, 3.05) is 19.8 Å². The Labute approximate surface area is 568 Å². The summed E-state index contributed by atoms with van der Waals surface area (Å²) in [6.45, 7) is 2.79. The Morgan fingerprint density at radius 1 is 0.387 bits per heavy atom. The molecule has 0 spiro atoms. The molecule has 0 radical (unpaired) electrons. The molecule has 93 heavy (non-hydrogen) atoms. The van der Waals surface area contributed by atoms with Crippen LogP contribution in [0.2, 0.25) is 0 Å². The number of hydrogen-bond acceptors (Lipinski definition) is 13. The molecular weight excluding hydrogens is 1170 g/mol. The zero-order chi connectivity index (χ0) is 67.3. The van der Waals surface area contributed by atoms with Crippen LogP contribution in [0.15, 0.2) is 72.9 Å². The third kappa shape index (κ3) is 46.4. The average molecular weight is 1320 g/mol. The Hall–Kier alpha value is -2.57. The lowest BCUT2D eigenvalue weighted by Gasteiger charge is -2.46. The number of ether oxygens (including phenoxy) is 4. The van der Waals surface area contributed by atoms with Crippen molar-refractivity contribution < 1.29 is 64.6 Å². The van der Waals surface area contributed by atoms with E-state index >= 15 is 0 Å². The van der Waals surface area contributed by atoms with Crippen LogP contribution >= 0.6 is 0 Å². The maximum absolute atomic E-state index is 13.3. The quantitative estimate of drug-likeness (QED) is 0.0204. The number of allylic oxidation sites excluding steroid dienone is 11. The Kier molecular flexibility index (Phi) is 58.5. The lowest BCUT2D eigenvalue weighted by molar-refractivity contribution is -0.359.